The van der Waals surface area contributed by atoms with Crippen molar-refractivity contribution in [3.05, 3.63) is 101 Å². The molecule has 0 atom stereocenters. The van der Waals surface area contributed by atoms with E-state index in [1.165, 1.54) is 27.6 Å². The van der Waals surface area contributed by atoms with E-state index in [0.717, 1.165) is 37.2 Å². The number of hydrogen-bond donors (Lipinski definition) is 1. The number of aryl methyl sites for hydroxylation is 3. The van der Waals surface area contributed by atoms with E-state index < -0.39 is 0 Å². The summed E-state index contributed by atoms with van der Waals surface area (Å²) in [6, 6.07) is 25.8. The molecule has 0 aliphatic carbocycles. The fraction of sp³-hybridized carbons (Fsp3) is 0.208. The monoisotopic (exact) mass is 340 g/mol. The van der Waals surface area contributed by atoms with Crippen LogP contribution in [0.15, 0.2) is 72.8 Å². The number of aromatic amines is 1. The molecule has 0 spiro atoms. The first-order chi connectivity index (χ1) is 12.8. The summed E-state index contributed by atoms with van der Waals surface area (Å²) >= 11 is 0. The maximum Gasteiger partial charge on any atom is 0.106 e. The first kappa shape index (κ1) is 16.6. The fourth-order valence-corrected chi connectivity index (χ4v) is 3.60. The smallest absolute Gasteiger partial charge is 0.106 e. The first-order valence-electron chi connectivity index (χ1n) is 9.34. The number of benzene rings is 3. The second-order valence-electron chi connectivity index (χ2n) is 6.91. The molecule has 0 saturated heterocycles. The Morgan fingerprint density at radius 3 is 2.46 bits per heavy atom. The van der Waals surface area contributed by atoms with Crippen LogP contribution in [-0.2, 0) is 19.3 Å². The van der Waals surface area contributed by atoms with Crippen LogP contribution >= 0.6 is 0 Å². The molecule has 0 fully saturated rings. The second kappa shape index (κ2) is 7.57. The van der Waals surface area contributed by atoms with E-state index in [4.69, 9.17) is 4.98 Å². The molecule has 2 nitrogen and oxygen atoms in total. The summed E-state index contributed by atoms with van der Waals surface area (Å²) in [5.74, 6) is 1.11. The standard InChI is InChI=1S/C24H24N2/c1-18-23(17-19-9-3-2-4-10-19)26-24(25-18)16-8-14-21-13-7-12-20-11-5-6-15-22(20)21/h2-7,9-13,15H,8,14,16-17H2,1H3,(H,25,26). The van der Waals surface area contributed by atoms with Gasteiger partial charge in [-0.05, 0) is 41.7 Å². The van der Waals surface area contributed by atoms with E-state index in [0.29, 0.717) is 0 Å². The van der Waals surface area contributed by atoms with E-state index in [-0.39, 0.29) is 0 Å². The lowest BCUT2D eigenvalue weighted by Crippen LogP contribution is -1.94. The molecular formula is C24H24N2. The Balaban J connectivity index is 1.41. The number of H-pyrrole nitrogens is 1. The Morgan fingerprint density at radius 1 is 0.808 bits per heavy atom. The van der Waals surface area contributed by atoms with Gasteiger partial charge in [0.05, 0.1) is 5.69 Å². The number of aromatic nitrogens is 2. The van der Waals surface area contributed by atoms with Crippen LogP contribution in [0.4, 0.5) is 0 Å². The van der Waals surface area contributed by atoms with Crippen LogP contribution in [0.1, 0.15) is 34.8 Å². The zero-order valence-electron chi connectivity index (χ0n) is 15.2. The predicted molar refractivity (Wildman–Crippen MR) is 109 cm³/mol. The third-order valence-electron chi connectivity index (χ3n) is 4.99. The molecular weight excluding hydrogens is 316 g/mol. The molecule has 130 valence electrons. The zero-order chi connectivity index (χ0) is 17.8. The molecule has 3 aromatic carbocycles. The van der Waals surface area contributed by atoms with Crippen LogP contribution in [-0.4, -0.2) is 9.97 Å². The van der Waals surface area contributed by atoms with Crippen molar-refractivity contribution in [1.29, 1.82) is 0 Å². The van der Waals surface area contributed by atoms with Gasteiger partial charge in [-0.15, -0.1) is 0 Å². The molecule has 1 heterocycles. The Hall–Kier alpha value is -2.87. The SMILES string of the molecule is Cc1[nH]c(CCCc2cccc3ccccc23)nc1Cc1ccccc1. The summed E-state index contributed by atoms with van der Waals surface area (Å²) in [5.41, 5.74) is 5.09. The van der Waals surface area contributed by atoms with Gasteiger partial charge in [0.25, 0.3) is 0 Å². The van der Waals surface area contributed by atoms with Gasteiger partial charge >= 0.3 is 0 Å². The summed E-state index contributed by atoms with van der Waals surface area (Å²) in [4.78, 5) is 8.32. The lowest BCUT2D eigenvalue weighted by molar-refractivity contribution is 0.783. The summed E-state index contributed by atoms with van der Waals surface area (Å²) < 4.78 is 0. The minimum Gasteiger partial charge on any atom is -0.346 e. The highest BCUT2D eigenvalue weighted by Gasteiger charge is 2.08. The summed E-state index contributed by atoms with van der Waals surface area (Å²) in [6.07, 6.45) is 4.06. The van der Waals surface area contributed by atoms with E-state index in [1.807, 2.05) is 0 Å². The highest BCUT2D eigenvalue weighted by molar-refractivity contribution is 5.85. The number of hydrogen-bond acceptors (Lipinski definition) is 1. The summed E-state index contributed by atoms with van der Waals surface area (Å²) in [7, 11) is 0. The van der Waals surface area contributed by atoms with Gasteiger partial charge in [-0.3, -0.25) is 0 Å². The van der Waals surface area contributed by atoms with Crippen molar-refractivity contribution in [2.24, 2.45) is 0 Å². The molecule has 0 bridgehead atoms. The maximum absolute atomic E-state index is 4.84. The molecule has 4 rings (SSSR count). The van der Waals surface area contributed by atoms with Crippen molar-refractivity contribution < 1.29 is 0 Å². The number of imidazole rings is 1. The van der Waals surface area contributed by atoms with Gasteiger partial charge < -0.3 is 4.98 Å². The minimum atomic E-state index is 0.895. The molecule has 0 saturated carbocycles. The number of fused-ring (bicyclic) bond motifs is 1. The number of rotatable bonds is 6. The Morgan fingerprint density at radius 2 is 1.58 bits per heavy atom. The van der Waals surface area contributed by atoms with Crippen molar-refractivity contribution in [2.45, 2.75) is 32.6 Å². The van der Waals surface area contributed by atoms with Crippen LogP contribution in [0.5, 0.6) is 0 Å². The third-order valence-corrected chi connectivity index (χ3v) is 4.99. The number of nitrogens with zero attached hydrogens (tertiary/aromatic N) is 1. The molecule has 0 unspecified atom stereocenters. The average Bonchev–Trinajstić information content (AvgIpc) is 3.02. The van der Waals surface area contributed by atoms with Crippen molar-refractivity contribution >= 4 is 10.8 Å². The largest absolute Gasteiger partial charge is 0.346 e. The van der Waals surface area contributed by atoms with Gasteiger partial charge in [-0.25, -0.2) is 4.98 Å². The van der Waals surface area contributed by atoms with E-state index in [2.05, 4.69) is 84.7 Å². The predicted octanol–water partition coefficient (Wildman–Crippen LogP) is 5.64. The molecule has 0 amide bonds. The first-order valence-corrected chi connectivity index (χ1v) is 9.34. The summed E-state index contributed by atoms with van der Waals surface area (Å²) in [5, 5.41) is 2.69. The van der Waals surface area contributed by atoms with Crippen LogP contribution in [0.3, 0.4) is 0 Å². The van der Waals surface area contributed by atoms with E-state index >= 15 is 0 Å². The van der Waals surface area contributed by atoms with Gasteiger partial charge in [0.15, 0.2) is 0 Å². The van der Waals surface area contributed by atoms with Gasteiger partial charge in [0, 0.05) is 18.5 Å². The molecule has 0 radical (unpaired) electrons. The van der Waals surface area contributed by atoms with Gasteiger partial charge in [-0.2, -0.15) is 0 Å². The van der Waals surface area contributed by atoms with E-state index in [9.17, 15) is 0 Å². The normalized spacial score (nSPS) is 11.1. The van der Waals surface area contributed by atoms with Crippen molar-refractivity contribution in [3.63, 3.8) is 0 Å². The Labute approximate surface area is 154 Å². The second-order valence-corrected chi connectivity index (χ2v) is 6.91. The highest BCUT2D eigenvalue weighted by atomic mass is 14.9. The topological polar surface area (TPSA) is 28.7 Å². The lowest BCUT2D eigenvalue weighted by Gasteiger charge is -2.05. The maximum atomic E-state index is 4.84. The molecule has 0 aliphatic rings. The molecule has 0 aliphatic heterocycles. The molecule has 2 heteroatoms. The van der Waals surface area contributed by atoms with E-state index in [1.54, 1.807) is 0 Å². The molecule has 26 heavy (non-hydrogen) atoms. The quantitative estimate of drug-likeness (QED) is 0.483. The van der Waals surface area contributed by atoms with Crippen molar-refractivity contribution in [1.82, 2.24) is 9.97 Å². The third kappa shape index (κ3) is 3.70. The van der Waals surface area contributed by atoms with Crippen LogP contribution in [0, 0.1) is 6.92 Å². The highest BCUT2D eigenvalue weighted by Crippen LogP contribution is 2.20. The van der Waals surface area contributed by atoms with Gasteiger partial charge in [-0.1, -0.05) is 72.8 Å². The zero-order valence-corrected chi connectivity index (χ0v) is 15.2. The van der Waals surface area contributed by atoms with Crippen LogP contribution in [0.25, 0.3) is 10.8 Å². The van der Waals surface area contributed by atoms with Crippen LogP contribution in [0.2, 0.25) is 0 Å². The summed E-state index contributed by atoms with van der Waals surface area (Å²) in [6.45, 7) is 2.12. The molecule has 1 N–H and O–H groups in total. The minimum absolute atomic E-state index is 0.895. The fourth-order valence-electron chi connectivity index (χ4n) is 3.60. The Kier molecular flexibility index (Phi) is 4.83. The number of nitrogens with one attached hydrogen (secondary N) is 1. The molecule has 1 aromatic heterocycles. The van der Waals surface area contributed by atoms with Crippen molar-refractivity contribution in [2.75, 3.05) is 0 Å². The molecule has 4 aromatic rings. The lowest BCUT2D eigenvalue weighted by atomic mass is 10.0. The average molecular weight is 340 g/mol. The van der Waals surface area contributed by atoms with Gasteiger partial charge in [0.2, 0.25) is 0 Å². The van der Waals surface area contributed by atoms with Crippen molar-refractivity contribution in [3.8, 4) is 0 Å². The van der Waals surface area contributed by atoms with Crippen LogP contribution < -0.4 is 0 Å². The van der Waals surface area contributed by atoms with Gasteiger partial charge in [0.1, 0.15) is 5.82 Å². The Bertz CT molecular complexity index is 994.